The van der Waals surface area contributed by atoms with Gasteiger partial charge in [0.15, 0.2) is 0 Å². The summed E-state index contributed by atoms with van der Waals surface area (Å²) in [5.41, 5.74) is 3.61. The van der Waals surface area contributed by atoms with Gasteiger partial charge in [0.1, 0.15) is 17.3 Å². The lowest BCUT2D eigenvalue weighted by molar-refractivity contribution is -0.137. The molecule has 0 aliphatic rings. The van der Waals surface area contributed by atoms with Crippen molar-refractivity contribution in [3.8, 4) is 5.75 Å². The van der Waals surface area contributed by atoms with E-state index >= 15 is 0 Å². The molecule has 2 N–H and O–H groups in total. The van der Waals surface area contributed by atoms with E-state index in [1.807, 2.05) is 0 Å². The van der Waals surface area contributed by atoms with E-state index in [4.69, 9.17) is 10.5 Å². The molecule has 0 aliphatic carbocycles. The number of nitrogens with two attached hydrogens (primary N) is 1. The molecule has 9 heteroatoms. The van der Waals surface area contributed by atoms with Gasteiger partial charge >= 0.3 is 12.2 Å². The molecule has 0 fully saturated rings. The fourth-order valence-corrected chi connectivity index (χ4v) is 2.61. The van der Waals surface area contributed by atoms with Crippen LogP contribution in [0.3, 0.4) is 0 Å². The Morgan fingerprint density at radius 1 is 1.25 bits per heavy atom. The molecule has 0 atom stereocenters. The highest BCUT2D eigenvalue weighted by Gasteiger charge is 2.33. The second kappa shape index (κ2) is 6.68. The maximum absolute atomic E-state index is 14.2. The predicted octanol–water partition coefficient (Wildman–Crippen LogP) is 4.83. The van der Waals surface area contributed by atoms with Gasteiger partial charge in [-0.1, -0.05) is 6.07 Å². The normalized spacial score (nSPS) is 11.2. The van der Waals surface area contributed by atoms with Gasteiger partial charge in [0, 0.05) is 4.47 Å². The van der Waals surface area contributed by atoms with E-state index in [9.17, 15) is 22.4 Å². The molecule has 4 nitrogen and oxygen atoms in total. The van der Waals surface area contributed by atoms with Gasteiger partial charge in [0.05, 0.1) is 18.4 Å². The Hall–Kier alpha value is -2.29. The van der Waals surface area contributed by atoms with Crippen molar-refractivity contribution >= 4 is 33.3 Å². The number of hydrogen-bond donors (Lipinski definition) is 1. The second-order valence-electron chi connectivity index (χ2n) is 4.63. The zero-order valence-electron chi connectivity index (χ0n) is 12.2. The summed E-state index contributed by atoms with van der Waals surface area (Å²) in [5, 5.41) is 0. The molecule has 0 bridgehead atoms. The van der Waals surface area contributed by atoms with Crippen LogP contribution in [-0.2, 0) is 6.18 Å². The standard InChI is InChI=1S/C15H11BrF4N2O2/c1-24-12-6-5-8(15(18,19)20)7-11(12)22(14(21)23)13-9(16)3-2-4-10(13)17/h2-7H,1H3,(H2,21,23). The minimum atomic E-state index is -4.66. The maximum atomic E-state index is 14.2. The Kier molecular flexibility index (Phi) is 5.02. The molecule has 0 aromatic heterocycles. The Balaban J connectivity index is 2.75. The van der Waals surface area contributed by atoms with E-state index in [1.165, 1.54) is 19.2 Å². The SMILES string of the molecule is COc1ccc(C(F)(F)F)cc1N(C(N)=O)c1c(F)cccc1Br. The van der Waals surface area contributed by atoms with E-state index in [0.717, 1.165) is 18.2 Å². The molecule has 0 spiro atoms. The van der Waals surface area contributed by atoms with Crippen LogP contribution in [0, 0.1) is 5.82 Å². The number of anilines is 2. The van der Waals surface area contributed by atoms with E-state index < -0.39 is 23.6 Å². The largest absolute Gasteiger partial charge is 0.495 e. The average molecular weight is 407 g/mol. The molecular formula is C15H11BrF4N2O2. The number of carbonyl (C=O) groups is 1. The number of urea groups is 1. The van der Waals surface area contributed by atoms with Gasteiger partial charge < -0.3 is 10.5 Å². The molecule has 0 heterocycles. The first-order valence-corrected chi connectivity index (χ1v) is 7.25. The van der Waals surface area contributed by atoms with Crippen LogP contribution < -0.4 is 15.4 Å². The van der Waals surface area contributed by atoms with Gasteiger partial charge in [0.25, 0.3) is 0 Å². The molecule has 2 aromatic carbocycles. The lowest BCUT2D eigenvalue weighted by Crippen LogP contribution is -2.33. The van der Waals surface area contributed by atoms with Crippen molar-refractivity contribution in [1.82, 2.24) is 0 Å². The molecule has 24 heavy (non-hydrogen) atoms. The number of methoxy groups -OCH3 is 1. The lowest BCUT2D eigenvalue weighted by atomic mass is 10.1. The number of nitrogens with zero attached hydrogens (tertiary/aromatic N) is 1. The number of primary amides is 1. The highest BCUT2D eigenvalue weighted by atomic mass is 79.9. The van der Waals surface area contributed by atoms with E-state index in [-0.39, 0.29) is 21.6 Å². The summed E-state index contributed by atoms with van der Waals surface area (Å²) in [6.07, 6.45) is -4.66. The van der Waals surface area contributed by atoms with E-state index in [0.29, 0.717) is 11.0 Å². The number of rotatable bonds is 3. The fourth-order valence-electron chi connectivity index (χ4n) is 2.09. The highest BCUT2D eigenvalue weighted by Crippen LogP contribution is 2.42. The summed E-state index contributed by atoms with van der Waals surface area (Å²) < 4.78 is 58.2. The highest BCUT2D eigenvalue weighted by molar-refractivity contribution is 9.10. The number of carbonyl (C=O) groups excluding carboxylic acids is 1. The fraction of sp³-hybridized carbons (Fsp3) is 0.133. The maximum Gasteiger partial charge on any atom is 0.416 e. The lowest BCUT2D eigenvalue weighted by Gasteiger charge is -2.25. The van der Waals surface area contributed by atoms with Crippen LogP contribution >= 0.6 is 15.9 Å². The molecule has 0 unspecified atom stereocenters. The first-order valence-electron chi connectivity index (χ1n) is 6.45. The van der Waals surface area contributed by atoms with Crippen molar-refractivity contribution in [3.05, 3.63) is 52.3 Å². The number of ether oxygens (including phenoxy) is 1. The number of benzene rings is 2. The van der Waals surface area contributed by atoms with Crippen LogP contribution in [0.25, 0.3) is 0 Å². The average Bonchev–Trinajstić information content (AvgIpc) is 2.49. The summed E-state index contributed by atoms with van der Waals surface area (Å²) in [7, 11) is 1.21. The minimum absolute atomic E-state index is 0.0723. The van der Waals surface area contributed by atoms with Crippen LogP contribution in [0.5, 0.6) is 5.75 Å². The Morgan fingerprint density at radius 2 is 1.92 bits per heavy atom. The zero-order chi connectivity index (χ0) is 18.1. The van der Waals surface area contributed by atoms with Crippen LogP contribution in [0.15, 0.2) is 40.9 Å². The molecule has 0 aliphatic heterocycles. The molecule has 2 aromatic rings. The molecular weight excluding hydrogens is 396 g/mol. The van der Waals surface area contributed by atoms with Gasteiger partial charge in [-0.25, -0.2) is 9.18 Å². The molecule has 2 amide bonds. The third kappa shape index (κ3) is 3.45. The van der Waals surface area contributed by atoms with Crippen molar-refractivity contribution in [3.63, 3.8) is 0 Å². The Bertz CT molecular complexity index is 760. The van der Waals surface area contributed by atoms with Crippen LogP contribution in [0.1, 0.15) is 5.56 Å². The van der Waals surface area contributed by atoms with Gasteiger partial charge in [0.2, 0.25) is 0 Å². The van der Waals surface area contributed by atoms with Gasteiger partial charge in [-0.15, -0.1) is 0 Å². The smallest absolute Gasteiger partial charge is 0.416 e. The van der Waals surface area contributed by atoms with Crippen molar-refractivity contribution in [1.29, 1.82) is 0 Å². The van der Waals surface area contributed by atoms with Gasteiger partial charge in [-0.05, 0) is 46.3 Å². The third-order valence-electron chi connectivity index (χ3n) is 3.13. The summed E-state index contributed by atoms with van der Waals surface area (Å²) in [4.78, 5) is 12.5. The topological polar surface area (TPSA) is 55.6 Å². The van der Waals surface area contributed by atoms with Gasteiger partial charge in [-0.3, -0.25) is 4.90 Å². The summed E-state index contributed by atoms with van der Waals surface area (Å²) in [6.45, 7) is 0. The monoisotopic (exact) mass is 406 g/mol. The first kappa shape index (κ1) is 18.1. The summed E-state index contributed by atoms with van der Waals surface area (Å²) in [5.74, 6) is -0.917. The molecule has 0 saturated heterocycles. The van der Waals surface area contributed by atoms with Crippen molar-refractivity contribution in [2.45, 2.75) is 6.18 Å². The number of alkyl halides is 3. The van der Waals surface area contributed by atoms with E-state index in [1.54, 1.807) is 0 Å². The van der Waals surface area contributed by atoms with Crippen LogP contribution in [0.2, 0.25) is 0 Å². The van der Waals surface area contributed by atoms with Gasteiger partial charge in [-0.2, -0.15) is 13.2 Å². The Labute approximate surface area is 142 Å². The number of para-hydroxylation sites is 1. The van der Waals surface area contributed by atoms with Crippen molar-refractivity contribution in [2.75, 3.05) is 12.0 Å². The molecule has 128 valence electrons. The number of hydrogen-bond acceptors (Lipinski definition) is 2. The summed E-state index contributed by atoms with van der Waals surface area (Å²) in [6, 6.07) is 5.16. The van der Waals surface area contributed by atoms with Crippen molar-refractivity contribution < 1.29 is 27.1 Å². The summed E-state index contributed by atoms with van der Waals surface area (Å²) >= 11 is 3.07. The molecule has 2 rings (SSSR count). The number of halogens is 5. The number of amides is 2. The van der Waals surface area contributed by atoms with Crippen LogP contribution in [-0.4, -0.2) is 13.1 Å². The predicted molar refractivity (Wildman–Crippen MR) is 83.8 cm³/mol. The van der Waals surface area contributed by atoms with E-state index in [2.05, 4.69) is 15.9 Å². The minimum Gasteiger partial charge on any atom is -0.495 e. The first-order chi connectivity index (χ1) is 11.2. The van der Waals surface area contributed by atoms with Crippen LogP contribution in [0.4, 0.5) is 33.7 Å². The molecule has 0 saturated carbocycles. The molecule has 0 radical (unpaired) electrons. The van der Waals surface area contributed by atoms with Crippen molar-refractivity contribution in [2.24, 2.45) is 5.73 Å². The zero-order valence-corrected chi connectivity index (χ0v) is 13.8. The second-order valence-corrected chi connectivity index (χ2v) is 5.48. The third-order valence-corrected chi connectivity index (χ3v) is 3.77. The quantitative estimate of drug-likeness (QED) is 0.741. The Morgan fingerprint density at radius 3 is 2.42 bits per heavy atom.